The van der Waals surface area contributed by atoms with E-state index in [1.54, 1.807) is 6.07 Å². The molecule has 2 rings (SSSR count). The molecule has 0 unspecified atom stereocenters. The van der Waals surface area contributed by atoms with Gasteiger partial charge in [-0.1, -0.05) is 38.5 Å². The van der Waals surface area contributed by atoms with Crippen LogP contribution in [0.5, 0.6) is 0 Å². The zero-order chi connectivity index (χ0) is 14.0. The monoisotopic (exact) mass is 280 g/mol. The number of fused-ring (bicyclic) bond motifs is 1. The van der Waals surface area contributed by atoms with Gasteiger partial charge in [-0.05, 0) is 19.3 Å². The van der Waals surface area contributed by atoms with Crippen molar-refractivity contribution in [2.45, 2.75) is 46.6 Å². The molecule has 0 aliphatic carbocycles. The molecule has 0 saturated heterocycles. The van der Waals surface area contributed by atoms with Crippen LogP contribution >= 0.6 is 11.3 Å². The van der Waals surface area contributed by atoms with Crippen molar-refractivity contribution in [3.63, 3.8) is 0 Å². The third-order valence-corrected chi connectivity index (χ3v) is 4.35. The number of rotatable bonds is 5. The van der Waals surface area contributed by atoms with Crippen molar-refractivity contribution in [3.8, 4) is 0 Å². The molecule has 0 spiro atoms. The highest BCUT2D eigenvalue weighted by molar-refractivity contribution is 7.20. The van der Waals surface area contributed by atoms with Crippen molar-refractivity contribution in [3.05, 3.63) is 22.1 Å². The molecule has 0 aliphatic heterocycles. The van der Waals surface area contributed by atoms with Gasteiger partial charge >= 0.3 is 0 Å². The standard InChI is InChI=1S/C13H20N4OS/c1-5-8(3)9(4)14-12-16-17-11(18)7-10(6-2)15-13(17)19-12/h7-9H,5-6H2,1-4H3,(H,14,16)/t8-,9+/m0/s1. The maximum absolute atomic E-state index is 11.9. The van der Waals surface area contributed by atoms with Crippen LogP contribution < -0.4 is 10.9 Å². The molecule has 6 heteroatoms. The molecule has 0 saturated carbocycles. The first-order chi connectivity index (χ1) is 9.05. The summed E-state index contributed by atoms with van der Waals surface area (Å²) in [7, 11) is 0. The topological polar surface area (TPSA) is 59.3 Å². The van der Waals surface area contributed by atoms with E-state index >= 15 is 0 Å². The Hall–Kier alpha value is -1.43. The number of anilines is 1. The zero-order valence-corrected chi connectivity index (χ0v) is 12.6. The van der Waals surface area contributed by atoms with Gasteiger partial charge in [-0.2, -0.15) is 4.52 Å². The minimum absolute atomic E-state index is 0.109. The number of hydrogen-bond donors (Lipinski definition) is 1. The fourth-order valence-corrected chi connectivity index (χ4v) is 2.71. The fourth-order valence-electron chi connectivity index (χ4n) is 1.79. The fraction of sp³-hybridized carbons (Fsp3) is 0.615. The Morgan fingerprint density at radius 3 is 2.79 bits per heavy atom. The molecule has 0 amide bonds. The highest BCUT2D eigenvalue weighted by atomic mass is 32.1. The second-order valence-corrected chi connectivity index (χ2v) is 5.82. The van der Waals surface area contributed by atoms with E-state index in [1.165, 1.54) is 15.9 Å². The summed E-state index contributed by atoms with van der Waals surface area (Å²) in [5.74, 6) is 0.558. The second kappa shape index (κ2) is 5.69. The molecule has 0 aromatic carbocycles. The molecule has 0 aliphatic rings. The Kier molecular flexibility index (Phi) is 4.19. The predicted octanol–water partition coefficient (Wildman–Crippen LogP) is 2.56. The molecule has 2 heterocycles. The summed E-state index contributed by atoms with van der Waals surface area (Å²) in [5, 5.41) is 8.40. The molecular weight excluding hydrogens is 260 g/mol. The van der Waals surface area contributed by atoms with Gasteiger partial charge in [0, 0.05) is 17.8 Å². The Balaban J connectivity index is 2.31. The Morgan fingerprint density at radius 1 is 1.42 bits per heavy atom. The van der Waals surface area contributed by atoms with Gasteiger partial charge in [0.05, 0.1) is 0 Å². The first-order valence-electron chi connectivity index (χ1n) is 6.71. The minimum atomic E-state index is -0.109. The Bertz CT molecular complexity index is 619. The third-order valence-electron chi connectivity index (χ3n) is 3.51. The van der Waals surface area contributed by atoms with Gasteiger partial charge in [0.1, 0.15) is 0 Å². The molecule has 104 valence electrons. The molecule has 19 heavy (non-hydrogen) atoms. The van der Waals surface area contributed by atoms with Gasteiger partial charge in [-0.3, -0.25) is 4.79 Å². The molecule has 2 atom stereocenters. The van der Waals surface area contributed by atoms with E-state index in [9.17, 15) is 4.79 Å². The summed E-state index contributed by atoms with van der Waals surface area (Å²) < 4.78 is 1.37. The van der Waals surface area contributed by atoms with Crippen LogP contribution in [0.15, 0.2) is 10.9 Å². The normalized spacial score (nSPS) is 14.5. The summed E-state index contributed by atoms with van der Waals surface area (Å²) in [6.07, 6.45) is 1.87. The van der Waals surface area contributed by atoms with E-state index < -0.39 is 0 Å². The van der Waals surface area contributed by atoms with Crippen LogP contribution in [0.1, 0.15) is 39.8 Å². The van der Waals surface area contributed by atoms with Crippen LogP contribution in [0.3, 0.4) is 0 Å². The van der Waals surface area contributed by atoms with Gasteiger partial charge < -0.3 is 5.32 Å². The highest BCUT2D eigenvalue weighted by Gasteiger charge is 2.13. The van der Waals surface area contributed by atoms with Crippen molar-refractivity contribution in [2.75, 3.05) is 5.32 Å². The van der Waals surface area contributed by atoms with Gasteiger partial charge in [0.15, 0.2) is 0 Å². The van der Waals surface area contributed by atoms with Crippen molar-refractivity contribution >= 4 is 21.4 Å². The number of hydrogen-bond acceptors (Lipinski definition) is 5. The third kappa shape index (κ3) is 2.94. The highest BCUT2D eigenvalue weighted by Crippen LogP contribution is 2.20. The summed E-state index contributed by atoms with van der Waals surface area (Å²) in [4.78, 5) is 17.0. The lowest BCUT2D eigenvalue weighted by atomic mass is 10.0. The maximum Gasteiger partial charge on any atom is 0.275 e. The van der Waals surface area contributed by atoms with Gasteiger partial charge in [-0.15, -0.1) is 5.10 Å². The van der Waals surface area contributed by atoms with E-state index in [0.29, 0.717) is 16.9 Å². The lowest BCUT2D eigenvalue weighted by Crippen LogP contribution is -2.23. The van der Waals surface area contributed by atoms with E-state index in [-0.39, 0.29) is 5.56 Å². The zero-order valence-electron chi connectivity index (χ0n) is 11.8. The molecular formula is C13H20N4OS. The number of nitrogens with one attached hydrogen (secondary N) is 1. The molecule has 1 N–H and O–H groups in total. The van der Waals surface area contributed by atoms with Crippen molar-refractivity contribution < 1.29 is 0 Å². The summed E-state index contributed by atoms with van der Waals surface area (Å²) in [6, 6.07) is 1.88. The quantitative estimate of drug-likeness (QED) is 0.914. The Morgan fingerprint density at radius 2 is 2.16 bits per heavy atom. The molecule has 2 aromatic heterocycles. The SMILES string of the molecule is CCc1cc(=O)n2nc(N[C@H](C)[C@@H](C)CC)sc2n1. The van der Waals surface area contributed by atoms with Crippen molar-refractivity contribution in [2.24, 2.45) is 5.92 Å². The van der Waals surface area contributed by atoms with Gasteiger partial charge in [-0.25, -0.2) is 4.98 Å². The van der Waals surface area contributed by atoms with Crippen LogP contribution in [0.4, 0.5) is 5.13 Å². The van der Waals surface area contributed by atoms with Crippen LogP contribution in [0.25, 0.3) is 4.96 Å². The molecule has 0 radical (unpaired) electrons. The van der Waals surface area contributed by atoms with E-state index in [1.807, 2.05) is 6.92 Å². The summed E-state index contributed by atoms with van der Waals surface area (Å²) >= 11 is 1.43. The predicted molar refractivity (Wildman–Crippen MR) is 79.1 cm³/mol. The number of aryl methyl sites for hydroxylation is 1. The largest absolute Gasteiger partial charge is 0.357 e. The van der Waals surface area contributed by atoms with Crippen LogP contribution in [-0.2, 0) is 6.42 Å². The molecule has 2 aromatic rings. The van der Waals surface area contributed by atoms with Crippen molar-refractivity contribution in [1.29, 1.82) is 0 Å². The molecule has 5 nitrogen and oxygen atoms in total. The number of nitrogens with zero attached hydrogens (tertiary/aromatic N) is 3. The van der Waals surface area contributed by atoms with Crippen molar-refractivity contribution in [1.82, 2.24) is 14.6 Å². The van der Waals surface area contributed by atoms with E-state index in [2.05, 4.69) is 36.2 Å². The average Bonchev–Trinajstić information content (AvgIpc) is 2.80. The number of aromatic nitrogens is 3. The second-order valence-electron chi connectivity index (χ2n) is 4.86. The lowest BCUT2D eigenvalue weighted by Gasteiger charge is -2.18. The van der Waals surface area contributed by atoms with Gasteiger partial charge in [0.25, 0.3) is 5.56 Å². The van der Waals surface area contributed by atoms with E-state index in [0.717, 1.165) is 23.7 Å². The molecule has 0 fully saturated rings. The average molecular weight is 280 g/mol. The minimum Gasteiger partial charge on any atom is -0.357 e. The summed E-state index contributed by atoms with van der Waals surface area (Å²) in [6.45, 7) is 8.49. The Labute approximate surface area is 116 Å². The smallest absolute Gasteiger partial charge is 0.275 e. The first kappa shape index (κ1) is 14.0. The maximum atomic E-state index is 11.9. The lowest BCUT2D eigenvalue weighted by molar-refractivity contribution is 0.494. The summed E-state index contributed by atoms with van der Waals surface area (Å²) in [5.41, 5.74) is 0.706. The first-order valence-corrected chi connectivity index (χ1v) is 7.53. The van der Waals surface area contributed by atoms with Gasteiger partial charge in [0.2, 0.25) is 10.1 Å². The van der Waals surface area contributed by atoms with Crippen LogP contribution in [0, 0.1) is 5.92 Å². The molecule has 0 bridgehead atoms. The van der Waals surface area contributed by atoms with E-state index in [4.69, 9.17) is 0 Å². The van der Waals surface area contributed by atoms with Crippen LogP contribution in [0.2, 0.25) is 0 Å². The van der Waals surface area contributed by atoms with Crippen LogP contribution in [-0.4, -0.2) is 20.6 Å².